The van der Waals surface area contributed by atoms with Gasteiger partial charge in [-0.15, -0.1) is 0 Å². The number of ether oxygens (including phenoxy) is 3. The first-order valence-corrected chi connectivity index (χ1v) is 8.78. The molecule has 0 saturated heterocycles. The van der Waals surface area contributed by atoms with Gasteiger partial charge in [-0.2, -0.15) is 0 Å². The number of hydrogen-bond acceptors (Lipinski definition) is 6. The van der Waals surface area contributed by atoms with Gasteiger partial charge in [0, 0.05) is 42.7 Å². The minimum atomic E-state index is -0.230. The fraction of sp³-hybridized carbons (Fsp3) is 0.190. The van der Waals surface area contributed by atoms with Crippen LogP contribution in [0.5, 0.6) is 23.3 Å². The number of benzene rings is 1. The lowest BCUT2D eigenvalue weighted by Gasteiger charge is -2.13. The molecule has 2 heterocycles. The predicted octanol–water partition coefficient (Wildman–Crippen LogP) is 3.70. The van der Waals surface area contributed by atoms with Crippen LogP contribution in [0.3, 0.4) is 0 Å². The van der Waals surface area contributed by atoms with E-state index in [9.17, 15) is 4.79 Å². The zero-order chi connectivity index (χ0) is 19.9. The Hall–Kier alpha value is -3.61. The van der Waals surface area contributed by atoms with Gasteiger partial charge in [0.25, 0.3) is 5.91 Å². The number of nitrogens with zero attached hydrogens (tertiary/aromatic N) is 2. The van der Waals surface area contributed by atoms with Crippen LogP contribution in [-0.4, -0.2) is 36.6 Å². The lowest BCUT2D eigenvalue weighted by Crippen LogP contribution is -2.17. The van der Waals surface area contributed by atoms with Crippen molar-refractivity contribution in [1.82, 2.24) is 15.3 Å². The molecule has 144 valence electrons. The topological polar surface area (TPSA) is 82.6 Å². The molecule has 3 rings (SSSR count). The van der Waals surface area contributed by atoms with Crippen LogP contribution in [0.25, 0.3) is 11.1 Å². The molecule has 1 amide bonds. The Bertz CT molecular complexity index is 975. The summed E-state index contributed by atoms with van der Waals surface area (Å²) in [6.45, 7) is 2.35. The van der Waals surface area contributed by atoms with E-state index in [0.717, 1.165) is 11.1 Å². The van der Waals surface area contributed by atoms with Crippen LogP contribution in [0.2, 0.25) is 0 Å². The van der Waals surface area contributed by atoms with Crippen LogP contribution in [-0.2, 0) is 0 Å². The van der Waals surface area contributed by atoms with Gasteiger partial charge in [-0.1, -0.05) is 0 Å². The van der Waals surface area contributed by atoms with Crippen molar-refractivity contribution in [3.8, 4) is 34.4 Å². The Kier molecular flexibility index (Phi) is 6.06. The van der Waals surface area contributed by atoms with E-state index in [0.29, 0.717) is 35.4 Å². The zero-order valence-corrected chi connectivity index (χ0v) is 15.9. The average molecular weight is 379 g/mol. The Morgan fingerprint density at radius 2 is 1.89 bits per heavy atom. The highest BCUT2D eigenvalue weighted by Gasteiger charge is 2.13. The summed E-state index contributed by atoms with van der Waals surface area (Å²) in [5, 5.41) is 2.61. The molecular weight excluding hydrogens is 358 g/mol. The highest BCUT2D eigenvalue weighted by Crippen LogP contribution is 2.34. The van der Waals surface area contributed by atoms with Crippen LogP contribution >= 0.6 is 0 Å². The van der Waals surface area contributed by atoms with Gasteiger partial charge < -0.3 is 19.5 Å². The fourth-order valence-corrected chi connectivity index (χ4v) is 2.65. The van der Waals surface area contributed by atoms with Crippen LogP contribution in [0.15, 0.2) is 54.9 Å². The van der Waals surface area contributed by atoms with Crippen LogP contribution in [0.1, 0.15) is 17.3 Å². The highest BCUT2D eigenvalue weighted by molar-refractivity contribution is 5.94. The third kappa shape index (κ3) is 4.37. The monoisotopic (exact) mass is 379 g/mol. The van der Waals surface area contributed by atoms with Crippen molar-refractivity contribution in [3.05, 3.63) is 60.4 Å². The first kappa shape index (κ1) is 19.2. The molecule has 0 spiro atoms. The van der Waals surface area contributed by atoms with E-state index in [1.54, 1.807) is 50.8 Å². The summed E-state index contributed by atoms with van der Waals surface area (Å²) < 4.78 is 16.8. The standard InChI is InChI=1S/C21H21N3O4/c1-4-27-16-10-15(20(25)22-2)11-17(13-16)28-21-18(6-5-8-24-21)14-7-9-23-19(12-14)26-3/h5-13H,4H2,1-3H3,(H,22,25). The van der Waals surface area contributed by atoms with Crippen molar-refractivity contribution < 1.29 is 19.0 Å². The molecule has 2 aromatic heterocycles. The number of aromatic nitrogens is 2. The molecule has 1 N–H and O–H groups in total. The van der Waals surface area contributed by atoms with Crippen LogP contribution in [0, 0.1) is 0 Å². The molecule has 1 aromatic carbocycles. The lowest BCUT2D eigenvalue weighted by molar-refractivity contribution is 0.0962. The van der Waals surface area contributed by atoms with Crippen molar-refractivity contribution >= 4 is 5.91 Å². The molecule has 0 aliphatic heterocycles. The second-order valence-electron chi connectivity index (χ2n) is 5.75. The summed E-state index contributed by atoms with van der Waals surface area (Å²) in [6.07, 6.45) is 3.30. The largest absolute Gasteiger partial charge is 0.494 e. The number of carbonyl (C=O) groups is 1. The van der Waals surface area contributed by atoms with Crippen LogP contribution < -0.4 is 19.5 Å². The van der Waals surface area contributed by atoms with Gasteiger partial charge in [-0.05, 0) is 42.8 Å². The van der Waals surface area contributed by atoms with Crippen molar-refractivity contribution in [3.63, 3.8) is 0 Å². The Morgan fingerprint density at radius 1 is 1.07 bits per heavy atom. The predicted molar refractivity (Wildman–Crippen MR) is 105 cm³/mol. The van der Waals surface area contributed by atoms with Crippen molar-refractivity contribution in [2.75, 3.05) is 20.8 Å². The maximum atomic E-state index is 12.1. The van der Waals surface area contributed by atoms with E-state index < -0.39 is 0 Å². The molecule has 7 heteroatoms. The Balaban J connectivity index is 2.00. The van der Waals surface area contributed by atoms with Crippen molar-refractivity contribution in [1.29, 1.82) is 0 Å². The zero-order valence-electron chi connectivity index (χ0n) is 15.9. The molecule has 0 atom stereocenters. The van der Waals surface area contributed by atoms with Gasteiger partial charge in [0.1, 0.15) is 11.5 Å². The first-order valence-electron chi connectivity index (χ1n) is 8.78. The molecule has 0 saturated carbocycles. The molecule has 0 aliphatic rings. The Morgan fingerprint density at radius 3 is 2.64 bits per heavy atom. The number of amides is 1. The molecule has 0 radical (unpaired) electrons. The quantitative estimate of drug-likeness (QED) is 0.674. The van der Waals surface area contributed by atoms with E-state index >= 15 is 0 Å². The van der Waals surface area contributed by atoms with Gasteiger partial charge in [0.05, 0.1) is 13.7 Å². The van der Waals surface area contributed by atoms with Gasteiger partial charge in [0.15, 0.2) is 0 Å². The first-order chi connectivity index (χ1) is 13.6. The summed E-state index contributed by atoms with van der Waals surface area (Å²) in [5.74, 6) is 1.65. The number of methoxy groups -OCH3 is 1. The average Bonchev–Trinajstić information content (AvgIpc) is 2.73. The molecule has 3 aromatic rings. The van der Waals surface area contributed by atoms with Gasteiger partial charge in [-0.25, -0.2) is 9.97 Å². The normalized spacial score (nSPS) is 10.2. The van der Waals surface area contributed by atoms with Gasteiger partial charge >= 0.3 is 0 Å². The third-order valence-electron chi connectivity index (χ3n) is 3.92. The van der Waals surface area contributed by atoms with Crippen molar-refractivity contribution in [2.24, 2.45) is 0 Å². The second-order valence-corrected chi connectivity index (χ2v) is 5.75. The molecule has 7 nitrogen and oxygen atoms in total. The van der Waals surface area contributed by atoms with Gasteiger partial charge in [0.2, 0.25) is 11.8 Å². The molecule has 0 fully saturated rings. The fourth-order valence-electron chi connectivity index (χ4n) is 2.65. The summed E-state index contributed by atoms with van der Waals surface area (Å²) in [7, 11) is 3.14. The number of nitrogens with one attached hydrogen (secondary N) is 1. The Labute approximate surface area is 163 Å². The molecule has 0 bridgehead atoms. The number of hydrogen-bond donors (Lipinski definition) is 1. The number of rotatable bonds is 7. The van der Waals surface area contributed by atoms with E-state index in [1.807, 2.05) is 25.1 Å². The number of carbonyl (C=O) groups excluding carboxylic acids is 1. The molecule has 0 unspecified atom stereocenters. The molecule has 28 heavy (non-hydrogen) atoms. The maximum Gasteiger partial charge on any atom is 0.251 e. The number of pyridine rings is 2. The van der Waals surface area contributed by atoms with Crippen molar-refractivity contribution in [2.45, 2.75) is 6.92 Å². The van der Waals surface area contributed by atoms with Crippen LogP contribution in [0.4, 0.5) is 0 Å². The maximum absolute atomic E-state index is 12.1. The third-order valence-corrected chi connectivity index (χ3v) is 3.92. The minimum Gasteiger partial charge on any atom is -0.494 e. The summed E-state index contributed by atoms with van der Waals surface area (Å²) in [5.41, 5.74) is 2.06. The summed E-state index contributed by atoms with van der Waals surface area (Å²) >= 11 is 0. The smallest absolute Gasteiger partial charge is 0.251 e. The van der Waals surface area contributed by atoms with E-state index in [2.05, 4.69) is 15.3 Å². The minimum absolute atomic E-state index is 0.230. The second kappa shape index (κ2) is 8.85. The highest BCUT2D eigenvalue weighted by atomic mass is 16.5. The van der Waals surface area contributed by atoms with Gasteiger partial charge in [-0.3, -0.25) is 4.79 Å². The summed E-state index contributed by atoms with van der Waals surface area (Å²) in [4.78, 5) is 20.6. The SMILES string of the molecule is CCOc1cc(Oc2ncccc2-c2ccnc(OC)c2)cc(C(=O)NC)c1. The lowest BCUT2D eigenvalue weighted by atomic mass is 10.1. The molecular formula is C21H21N3O4. The van der Waals surface area contributed by atoms with E-state index in [-0.39, 0.29) is 5.91 Å². The molecule has 0 aliphatic carbocycles. The van der Waals surface area contributed by atoms with E-state index in [1.165, 1.54) is 0 Å². The summed E-state index contributed by atoms with van der Waals surface area (Å²) in [6, 6.07) is 12.4. The van der Waals surface area contributed by atoms with E-state index in [4.69, 9.17) is 14.2 Å².